The van der Waals surface area contributed by atoms with Crippen LogP contribution in [0.2, 0.25) is 0 Å². The molecule has 0 spiro atoms. The Morgan fingerprint density at radius 1 is 1.08 bits per heavy atom. The first kappa shape index (κ1) is 17.9. The maximum absolute atomic E-state index is 12.7. The van der Waals surface area contributed by atoms with Gasteiger partial charge in [0.15, 0.2) is 5.78 Å². The summed E-state index contributed by atoms with van der Waals surface area (Å²) in [4.78, 5) is 32.5. The maximum atomic E-state index is 12.7. The van der Waals surface area contributed by atoms with Crippen LogP contribution in [0.15, 0.2) is 42.7 Å². The van der Waals surface area contributed by atoms with Crippen LogP contribution in [0.4, 0.5) is 5.69 Å². The summed E-state index contributed by atoms with van der Waals surface area (Å²) in [6.07, 6.45) is 3.79. The van der Waals surface area contributed by atoms with E-state index in [1.807, 2.05) is 17.0 Å². The number of benzene rings is 1. The number of anilines is 1. The smallest absolute Gasteiger partial charge is 0.227 e. The van der Waals surface area contributed by atoms with Gasteiger partial charge in [-0.15, -0.1) is 0 Å². The maximum Gasteiger partial charge on any atom is 0.227 e. The van der Waals surface area contributed by atoms with Gasteiger partial charge in [0.1, 0.15) is 5.75 Å². The third-order valence-corrected chi connectivity index (χ3v) is 4.69. The fraction of sp³-hybridized carbons (Fsp3) is 0.350. The molecule has 6 heteroatoms. The molecule has 1 aromatic heterocycles. The van der Waals surface area contributed by atoms with Crippen LogP contribution >= 0.6 is 0 Å². The van der Waals surface area contributed by atoms with Gasteiger partial charge in [0.2, 0.25) is 5.91 Å². The number of ether oxygens (including phenoxy) is 1. The van der Waals surface area contributed by atoms with Crippen LogP contribution in [-0.2, 0) is 11.2 Å². The Hall–Kier alpha value is -2.89. The van der Waals surface area contributed by atoms with Crippen molar-refractivity contribution in [2.75, 3.05) is 38.2 Å². The van der Waals surface area contributed by atoms with E-state index in [4.69, 9.17) is 4.74 Å². The summed E-state index contributed by atoms with van der Waals surface area (Å²) in [6, 6.07) is 9.20. The molecule has 1 aliphatic rings. The van der Waals surface area contributed by atoms with Crippen LogP contribution in [0.25, 0.3) is 0 Å². The minimum Gasteiger partial charge on any atom is -0.496 e. The second kappa shape index (κ2) is 7.99. The van der Waals surface area contributed by atoms with E-state index in [2.05, 4.69) is 9.88 Å². The van der Waals surface area contributed by atoms with E-state index in [0.29, 0.717) is 24.4 Å². The lowest BCUT2D eigenvalue weighted by Crippen LogP contribution is -2.49. The Balaban J connectivity index is 1.64. The summed E-state index contributed by atoms with van der Waals surface area (Å²) < 4.78 is 5.35. The molecule has 0 aliphatic carbocycles. The Bertz CT molecular complexity index is 784. The number of Topliss-reactive ketones (excluding diaryl/α,β-unsaturated/α-hetero) is 1. The quantitative estimate of drug-likeness (QED) is 0.771. The molecule has 26 heavy (non-hydrogen) atoms. The third kappa shape index (κ3) is 4.02. The molecule has 0 saturated carbocycles. The predicted octanol–water partition coefficient (Wildman–Crippen LogP) is 2.18. The molecular weight excluding hydrogens is 330 g/mol. The molecule has 0 unspecified atom stereocenters. The van der Waals surface area contributed by atoms with Gasteiger partial charge < -0.3 is 14.5 Å². The molecule has 0 radical (unpaired) electrons. The van der Waals surface area contributed by atoms with Gasteiger partial charge in [0, 0.05) is 55.4 Å². The molecule has 0 atom stereocenters. The van der Waals surface area contributed by atoms with Gasteiger partial charge >= 0.3 is 0 Å². The molecule has 2 heterocycles. The van der Waals surface area contributed by atoms with E-state index in [0.717, 1.165) is 24.3 Å². The monoisotopic (exact) mass is 353 g/mol. The summed E-state index contributed by atoms with van der Waals surface area (Å²) in [5.41, 5.74) is 2.47. The van der Waals surface area contributed by atoms with Crippen molar-refractivity contribution in [1.82, 2.24) is 9.88 Å². The van der Waals surface area contributed by atoms with Crippen molar-refractivity contribution < 1.29 is 14.3 Å². The van der Waals surface area contributed by atoms with E-state index in [9.17, 15) is 9.59 Å². The van der Waals surface area contributed by atoms with Gasteiger partial charge in [0.05, 0.1) is 13.5 Å². The zero-order valence-corrected chi connectivity index (χ0v) is 15.1. The highest BCUT2D eigenvalue weighted by molar-refractivity contribution is 5.94. The second-order valence-corrected chi connectivity index (χ2v) is 6.33. The molecular formula is C20H23N3O3. The lowest BCUT2D eigenvalue weighted by atomic mass is 10.0. The van der Waals surface area contributed by atoms with Crippen LogP contribution in [0.1, 0.15) is 22.8 Å². The molecule has 2 aromatic rings. The molecule has 136 valence electrons. The molecule has 0 bridgehead atoms. The van der Waals surface area contributed by atoms with Gasteiger partial charge in [-0.05, 0) is 37.3 Å². The summed E-state index contributed by atoms with van der Waals surface area (Å²) in [7, 11) is 1.57. The molecule has 1 aliphatic heterocycles. The zero-order valence-electron chi connectivity index (χ0n) is 15.1. The van der Waals surface area contributed by atoms with Crippen LogP contribution < -0.4 is 9.64 Å². The highest BCUT2D eigenvalue weighted by atomic mass is 16.5. The van der Waals surface area contributed by atoms with Crippen LogP contribution in [-0.4, -0.2) is 54.9 Å². The lowest BCUT2D eigenvalue weighted by molar-refractivity contribution is -0.130. The number of carbonyl (C=O) groups excluding carboxylic acids is 2. The van der Waals surface area contributed by atoms with Crippen LogP contribution in [0.3, 0.4) is 0 Å². The first-order valence-corrected chi connectivity index (χ1v) is 8.69. The van der Waals surface area contributed by atoms with Crippen LogP contribution in [0, 0.1) is 0 Å². The second-order valence-electron chi connectivity index (χ2n) is 6.33. The van der Waals surface area contributed by atoms with Crippen molar-refractivity contribution in [3.8, 4) is 5.75 Å². The highest BCUT2D eigenvalue weighted by Crippen LogP contribution is 2.22. The fourth-order valence-corrected chi connectivity index (χ4v) is 3.18. The molecule has 1 aromatic carbocycles. The summed E-state index contributed by atoms with van der Waals surface area (Å²) in [5, 5.41) is 0. The minimum absolute atomic E-state index is 0.0210. The van der Waals surface area contributed by atoms with E-state index in [1.54, 1.807) is 37.7 Å². The van der Waals surface area contributed by atoms with Crippen molar-refractivity contribution >= 4 is 17.4 Å². The number of hydrogen-bond acceptors (Lipinski definition) is 5. The number of methoxy groups -OCH3 is 1. The number of rotatable bonds is 5. The fourth-order valence-electron chi connectivity index (χ4n) is 3.18. The largest absolute Gasteiger partial charge is 0.496 e. The van der Waals surface area contributed by atoms with Gasteiger partial charge in [0.25, 0.3) is 0 Å². The first-order chi connectivity index (χ1) is 12.6. The van der Waals surface area contributed by atoms with Crippen LogP contribution in [0.5, 0.6) is 5.75 Å². The number of aromatic nitrogens is 1. The molecule has 1 amide bonds. The number of amides is 1. The van der Waals surface area contributed by atoms with Gasteiger partial charge in [-0.1, -0.05) is 0 Å². The zero-order chi connectivity index (χ0) is 18.5. The number of nitrogens with zero attached hydrogens (tertiary/aromatic N) is 3. The summed E-state index contributed by atoms with van der Waals surface area (Å²) in [6.45, 7) is 4.46. The molecule has 1 fully saturated rings. The average Bonchev–Trinajstić information content (AvgIpc) is 2.68. The highest BCUT2D eigenvalue weighted by Gasteiger charge is 2.22. The average molecular weight is 353 g/mol. The van der Waals surface area contributed by atoms with Crippen molar-refractivity contribution in [3.63, 3.8) is 0 Å². The number of piperazine rings is 1. The Labute approximate surface area is 153 Å². The SMILES string of the molecule is COc1ccc(C(C)=O)cc1CC(=O)N1CCN(c2ccncc2)CC1. The van der Waals surface area contributed by atoms with Gasteiger partial charge in [-0.2, -0.15) is 0 Å². The molecule has 0 N–H and O–H groups in total. The minimum atomic E-state index is -0.0210. The van der Waals surface area contributed by atoms with Crippen molar-refractivity contribution in [2.24, 2.45) is 0 Å². The molecule has 6 nitrogen and oxygen atoms in total. The first-order valence-electron chi connectivity index (χ1n) is 8.69. The number of ketones is 1. The van der Waals surface area contributed by atoms with E-state index < -0.39 is 0 Å². The summed E-state index contributed by atoms with van der Waals surface area (Å²) >= 11 is 0. The molecule has 3 rings (SSSR count). The number of pyridine rings is 1. The Morgan fingerprint density at radius 2 is 1.77 bits per heavy atom. The lowest BCUT2D eigenvalue weighted by Gasteiger charge is -2.36. The van der Waals surface area contributed by atoms with Crippen molar-refractivity contribution in [3.05, 3.63) is 53.9 Å². The van der Waals surface area contributed by atoms with Gasteiger partial charge in [-0.25, -0.2) is 0 Å². The normalized spacial score (nSPS) is 14.2. The van der Waals surface area contributed by atoms with E-state index in [1.165, 1.54) is 6.92 Å². The van der Waals surface area contributed by atoms with E-state index in [-0.39, 0.29) is 18.1 Å². The van der Waals surface area contributed by atoms with E-state index >= 15 is 0 Å². The predicted molar refractivity (Wildman–Crippen MR) is 99.7 cm³/mol. The standard InChI is InChI=1S/C20H23N3O3/c1-15(24)16-3-4-19(26-2)17(13-16)14-20(25)23-11-9-22(10-12-23)18-5-7-21-8-6-18/h3-8,13H,9-12,14H2,1-2H3. The Morgan fingerprint density at radius 3 is 2.38 bits per heavy atom. The number of hydrogen-bond donors (Lipinski definition) is 0. The Kier molecular flexibility index (Phi) is 5.51. The molecule has 1 saturated heterocycles. The van der Waals surface area contributed by atoms with Crippen molar-refractivity contribution in [2.45, 2.75) is 13.3 Å². The van der Waals surface area contributed by atoms with Gasteiger partial charge in [-0.3, -0.25) is 14.6 Å². The summed E-state index contributed by atoms with van der Waals surface area (Å²) in [5.74, 6) is 0.671. The topological polar surface area (TPSA) is 62.7 Å². The third-order valence-electron chi connectivity index (χ3n) is 4.69. The number of carbonyl (C=O) groups is 2. The van der Waals surface area contributed by atoms with Crippen molar-refractivity contribution in [1.29, 1.82) is 0 Å².